The average Bonchev–Trinajstić information content (AvgIpc) is 2.61. The van der Waals surface area contributed by atoms with Crippen LogP contribution in [0.1, 0.15) is 15.9 Å². The number of hydrogen-bond acceptors (Lipinski definition) is 2. The molecule has 96 valence electrons. The topological polar surface area (TPSA) is 17.1 Å². The average molecular weight is 276 g/mol. The highest BCUT2D eigenvalue weighted by Crippen LogP contribution is 2.38. The van der Waals surface area contributed by atoms with Crippen LogP contribution in [0.3, 0.4) is 0 Å². The Morgan fingerprint density at radius 2 is 1.50 bits per heavy atom. The van der Waals surface area contributed by atoms with E-state index < -0.39 is 0 Å². The Balaban J connectivity index is 1.97. The van der Waals surface area contributed by atoms with Gasteiger partial charge in [-0.05, 0) is 34.5 Å². The van der Waals surface area contributed by atoms with Gasteiger partial charge in [-0.15, -0.1) is 0 Å². The number of hydrogen-bond donors (Lipinski definition) is 0. The lowest BCUT2D eigenvalue weighted by Gasteiger charge is -2.07. The van der Waals surface area contributed by atoms with Crippen LogP contribution < -0.4 is 0 Å². The van der Waals surface area contributed by atoms with Crippen LogP contribution in [0.15, 0.2) is 70.5 Å². The van der Waals surface area contributed by atoms with Gasteiger partial charge in [-0.25, -0.2) is 0 Å². The Hall–Kier alpha value is -2.06. The third-order valence-electron chi connectivity index (χ3n) is 3.69. The van der Waals surface area contributed by atoms with Crippen molar-refractivity contribution in [2.24, 2.45) is 0 Å². The van der Waals surface area contributed by atoms with Crippen molar-refractivity contribution in [3.63, 3.8) is 0 Å². The van der Waals surface area contributed by atoms with Crippen molar-refractivity contribution in [3.05, 3.63) is 71.8 Å². The van der Waals surface area contributed by atoms with Gasteiger partial charge in [0.25, 0.3) is 0 Å². The minimum Gasteiger partial charge on any atom is -0.294 e. The number of ketones is 1. The Labute approximate surface area is 121 Å². The third-order valence-corrected chi connectivity index (χ3v) is 4.87. The molecule has 0 unspecified atom stereocenters. The van der Waals surface area contributed by atoms with Crippen LogP contribution in [0.2, 0.25) is 0 Å². The van der Waals surface area contributed by atoms with Crippen LogP contribution in [0.5, 0.6) is 0 Å². The summed E-state index contributed by atoms with van der Waals surface area (Å²) in [5.74, 6) is 0.211. The molecule has 0 aliphatic carbocycles. The largest absolute Gasteiger partial charge is 0.294 e. The van der Waals surface area contributed by atoms with Gasteiger partial charge in [0.2, 0.25) is 0 Å². The summed E-state index contributed by atoms with van der Waals surface area (Å²) in [6, 6.07) is 20.5. The van der Waals surface area contributed by atoms with E-state index in [4.69, 9.17) is 0 Å². The number of rotatable bonds is 0. The summed E-state index contributed by atoms with van der Waals surface area (Å²) >= 11 is 1.70. The Morgan fingerprint density at radius 1 is 0.800 bits per heavy atom. The normalized spacial score (nSPS) is 13.7. The molecule has 0 saturated carbocycles. The molecule has 0 saturated heterocycles. The number of Topliss-reactive ketones (excluding diaryl/α,β-unsaturated/α-hetero) is 1. The van der Waals surface area contributed by atoms with Crippen molar-refractivity contribution < 1.29 is 4.79 Å². The summed E-state index contributed by atoms with van der Waals surface area (Å²) in [5.41, 5.74) is 1.98. The molecular formula is C18H12OS. The second kappa shape index (κ2) is 4.50. The molecule has 2 heteroatoms. The van der Waals surface area contributed by atoms with Crippen molar-refractivity contribution in [2.45, 2.75) is 16.2 Å². The highest BCUT2D eigenvalue weighted by molar-refractivity contribution is 7.99. The molecule has 0 fully saturated rings. The van der Waals surface area contributed by atoms with Crippen molar-refractivity contribution in [1.82, 2.24) is 0 Å². The van der Waals surface area contributed by atoms with Gasteiger partial charge in [-0.1, -0.05) is 54.2 Å². The third kappa shape index (κ3) is 1.84. The fraction of sp³-hybridized carbons (Fsp3) is 0.0556. The summed E-state index contributed by atoms with van der Waals surface area (Å²) in [5, 5.41) is 2.32. The zero-order chi connectivity index (χ0) is 13.5. The molecule has 0 bridgehead atoms. The maximum atomic E-state index is 12.5. The zero-order valence-corrected chi connectivity index (χ0v) is 11.6. The molecular weight excluding hydrogens is 264 g/mol. The van der Waals surface area contributed by atoms with Gasteiger partial charge in [0, 0.05) is 21.8 Å². The van der Waals surface area contributed by atoms with Crippen LogP contribution in [-0.2, 0) is 6.42 Å². The molecule has 4 rings (SSSR count). The van der Waals surface area contributed by atoms with Crippen LogP contribution in [0, 0.1) is 0 Å². The SMILES string of the molecule is O=C1Cc2ccccc2Sc2cc3ccccc3cc21. The second-order valence-electron chi connectivity index (χ2n) is 5.01. The fourth-order valence-corrected chi connectivity index (χ4v) is 3.78. The molecule has 0 radical (unpaired) electrons. The second-order valence-corrected chi connectivity index (χ2v) is 6.09. The molecule has 20 heavy (non-hydrogen) atoms. The van der Waals surface area contributed by atoms with Crippen LogP contribution >= 0.6 is 11.8 Å². The molecule has 1 aliphatic rings. The first-order valence-electron chi connectivity index (χ1n) is 6.63. The number of fused-ring (bicyclic) bond motifs is 3. The molecule has 1 nitrogen and oxygen atoms in total. The molecule has 0 amide bonds. The number of carbonyl (C=O) groups is 1. The highest BCUT2D eigenvalue weighted by Gasteiger charge is 2.20. The smallest absolute Gasteiger partial charge is 0.168 e. The Morgan fingerprint density at radius 3 is 2.35 bits per heavy atom. The fourth-order valence-electron chi connectivity index (χ4n) is 2.66. The monoisotopic (exact) mass is 276 g/mol. The Bertz CT molecular complexity index is 836. The van der Waals surface area contributed by atoms with E-state index >= 15 is 0 Å². The van der Waals surface area contributed by atoms with E-state index in [2.05, 4.69) is 24.3 Å². The molecule has 0 aromatic heterocycles. The van der Waals surface area contributed by atoms with Gasteiger partial charge < -0.3 is 0 Å². The lowest BCUT2D eigenvalue weighted by molar-refractivity contribution is 0.0990. The minimum absolute atomic E-state index is 0.211. The van der Waals surface area contributed by atoms with Gasteiger partial charge in [0.05, 0.1) is 0 Å². The van der Waals surface area contributed by atoms with Crippen molar-refractivity contribution in [1.29, 1.82) is 0 Å². The van der Waals surface area contributed by atoms with Crippen molar-refractivity contribution in [2.75, 3.05) is 0 Å². The van der Waals surface area contributed by atoms with Crippen molar-refractivity contribution >= 4 is 28.3 Å². The summed E-state index contributed by atoms with van der Waals surface area (Å²) < 4.78 is 0. The van der Waals surface area contributed by atoms with E-state index in [9.17, 15) is 4.79 Å². The van der Waals surface area contributed by atoms with Crippen LogP contribution in [0.25, 0.3) is 10.8 Å². The quantitative estimate of drug-likeness (QED) is 0.590. The predicted molar refractivity (Wildman–Crippen MR) is 82.5 cm³/mol. The first-order valence-corrected chi connectivity index (χ1v) is 7.45. The first kappa shape index (κ1) is 11.7. The summed E-state index contributed by atoms with van der Waals surface area (Å²) in [7, 11) is 0. The summed E-state index contributed by atoms with van der Waals surface area (Å²) in [4.78, 5) is 14.8. The molecule has 0 spiro atoms. The van der Waals surface area contributed by atoms with E-state index in [1.165, 1.54) is 10.3 Å². The molecule has 3 aromatic carbocycles. The standard InChI is InChI=1S/C18H12OS/c19-16-10-14-7-3-4-8-17(14)20-18-11-13-6-2-1-5-12(13)9-15(16)18/h1-9,11H,10H2. The number of carbonyl (C=O) groups excluding carboxylic acids is 1. The van der Waals surface area contributed by atoms with Gasteiger partial charge >= 0.3 is 0 Å². The van der Waals surface area contributed by atoms with Crippen LogP contribution in [-0.4, -0.2) is 5.78 Å². The van der Waals surface area contributed by atoms with E-state index in [-0.39, 0.29) is 5.78 Å². The molecule has 0 N–H and O–H groups in total. The van der Waals surface area contributed by atoms with E-state index in [1.54, 1.807) is 11.8 Å². The lowest BCUT2D eigenvalue weighted by atomic mass is 10.00. The molecule has 1 heterocycles. The molecule has 3 aromatic rings. The van der Waals surface area contributed by atoms with Gasteiger partial charge in [0.15, 0.2) is 5.78 Å². The lowest BCUT2D eigenvalue weighted by Crippen LogP contribution is -2.03. The van der Waals surface area contributed by atoms with Gasteiger partial charge in [0.1, 0.15) is 0 Å². The van der Waals surface area contributed by atoms with Gasteiger partial charge in [-0.2, -0.15) is 0 Å². The molecule has 1 aliphatic heterocycles. The summed E-state index contributed by atoms with van der Waals surface area (Å²) in [6.07, 6.45) is 0.495. The minimum atomic E-state index is 0.211. The maximum Gasteiger partial charge on any atom is 0.168 e. The van der Waals surface area contributed by atoms with Gasteiger partial charge in [-0.3, -0.25) is 4.79 Å². The first-order chi connectivity index (χ1) is 9.81. The maximum absolute atomic E-state index is 12.5. The van der Waals surface area contributed by atoms with E-state index in [0.717, 1.165) is 21.4 Å². The predicted octanol–water partition coefficient (Wildman–Crippen LogP) is 4.73. The van der Waals surface area contributed by atoms with Crippen molar-refractivity contribution in [3.8, 4) is 0 Å². The number of benzene rings is 3. The van der Waals surface area contributed by atoms with E-state index in [0.29, 0.717) is 6.42 Å². The highest BCUT2D eigenvalue weighted by atomic mass is 32.2. The Kier molecular flexibility index (Phi) is 2.64. The molecule has 0 atom stereocenters. The zero-order valence-electron chi connectivity index (χ0n) is 10.8. The summed E-state index contributed by atoms with van der Waals surface area (Å²) in [6.45, 7) is 0. The van der Waals surface area contributed by atoms with E-state index in [1.807, 2.05) is 36.4 Å². The van der Waals surface area contributed by atoms with Crippen LogP contribution in [0.4, 0.5) is 0 Å².